The molecule has 1 N–H and O–H groups in total. The minimum Gasteiger partial charge on any atom is -0.373 e. The highest BCUT2D eigenvalue weighted by molar-refractivity contribution is 4.82. The summed E-state index contributed by atoms with van der Waals surface area (Å²) in [7, 11) is 0. The van der Waals surface area contributed by atoms with Gasteiger partial charge in [0.05, 0.1) is 6.61 Å². The van der Waals surface area contributed by atoms with Crippen LogP contribution in [0.1, 0.15) is 32.5 Å². The zero-order valence-electron chi connectivity index (χ0n) is 11.4. The van der Waals surface area contributed by atoms with Gasteiger partial charge in [-0.2, -0.15) is 5.10 Å². The SMILES string of the molecule is CC(C)Cn1ncnc1COCC1CCCNC1. The third-order valence-electron chi connectivity index (χ3n) is 3.22. The number of hydrogen-bond acceptors (Lipinski definition) is 4. The van der Waals surface area contributed by atoms with Crippen molar-refractivity contribution in [3.8, 4) is 0 Å². The van der Waals surface area contributed by atoms with Gasteiger partial charge in [-0.15, -0.1) is 0 Å². The van der Waals surface area contributed by atoms with E-state index in [1.807, 2.05) is 4.68 Å². The highest BCUT2D eigenvalue weighted by atomic mass is 16.5. The Balaban J connectivity index is 1.74. The van der Waals surface area contributed by atoms with E-state index < -0.39 is 0 Å². The van der Waals surface area contributed by atoms with E-state index in [0.29, 0.717) is 18.4 Å². The molecule has 1 unspecified atom stereocenters. The molecule has 0 aromatic carbocycles. The average molecular weight is 252 g/mol. The van der Waals surface area contributed by atoms with Crippen molar-refractivity contribution in [3.63, 3.8) is 0 Å². The Morgan fingerprint density at radius 3 is 3.17 bits per heavy atom. The van der Waals surface area contributed by atoms with Crippen molar-refractivity contribution in [2.24, 2.45) is 11.8 Å². The van der Waals surface area contributed by atoms with E-state index in [1.54, 1.807) is 6.33 Å². The van der Waals surface area contributed by atoms with Crippen molar-refractivity contribution in [3.05, 3.63) is 12.2 Å². The zero-order valence-corrected chi connectivity index (χ0v) is 11.4. The lowest BCUT2D eigenvalue weighted by Crippen LogP contribution is -2.32. The van der Waals surface area contributed by atoms with Crippen LogP contribution < -0.4 is 5.32 Å². The van der Waals surface area contributed by atoms with Gasteiger partial charge < -0.3 is 10.1 Å². The van der Waals surface area contributed by atoms with Gasteiger partial charge in [0.25, 0.3) is 0 Å². The summed E-state index contributed by atoms with van der Waals surface area (Å²) < 4.78 is 7.72. The molecule has 5 heteroatoms. The van der Waals surface area contributed by atoms with E-state index in [4.69, 9.17) is 4.74 Å². The Morgan fingerprint density at radius 2 is 2.44 bits per heavy atom. The van der Waals surface area contributed by atoms with E-state index in [1.165, 1.54) is 12.8 Å². The largest absolute Gasteiger partial charge is 0.373 e. The fraction of sp³-hybridized carbons (Fsp3) is 0.846. The molecule has 18 heavy (non-hydrogen) atoms. The molecule has 1 aliphatic rings. The smallest absolute Gasteiger partial charge is 0.152 e. The maximum absolute atomic E-state index is 5.78. The second kappa shape index (κ2) is 6.85. The van der Waals surface area contributed by atoms with E-state index in [0.717, 1.165) is 32.1 Å². The molecule has 2 heterocycles. The van der Waals surface area contributed by atoms with Gasteiger partial charge in [0.1, 0.15) is 12.9 Å². The van der Waals surface area contributed by atoms with Crippen LogP contribution >= 0.6 is 0 Å². The van der Waals surface area contributed by atoms with Crippen molar-refractivity contribution in [2.45, 2.75) is 39.8 Å². The van der Waals surface area contributed by atoms with E-state index in [-0.39, 0.29) is 0 Å². The summed E-state index contributed by atoms with van der Waals surface area (Å²) in [6.07, 6.45) is 4.15. The van der Waals surface area contributed by atoms with Crippen LogP contribution in [0.25, 0.3) is 0 Å². The fourth-order valence-electron chi connectivity index (χ4n) is 2.28. The van der Waals surface area contributed by atoms with Crippen LogP contribution in [-0.4, -0.2) is 34.5 Å². The summed E-state index contributed by atoms with van der Waals surface area (Å²) >= 11 is 0. The van der Waals surface area contributed by atoms with E-state index in [9.17, 15) is 0 Å². The van der Waals surface area contributed by atoms with Crippen molar-refractivity contribution in [1.82, 2.24) is 20.1 Å². The molecule has 5 nitrogen and oxygen atoms in total. The molecule has 1 fully saturated rings. The highest BCUT2D eigenvalue weighted by Gasteiger charge is 2.13. The summed E-state index contributed by atoms with van der Waals surface area (Å²) in [5.41, 5.74) is 0. The molecule has 0 saturated carbocycles. The van der Waals surface area contributed by atoms with Gasteiger partial charge >= 0.3 is 0 Å². The summed E-state index contributed by atoms with van der Waals surface area (Å²) in [4.78, 5) is 4.26. The molecule has 2 rings (SSSR count). The quantitative estimate of drug-likeness (QED) is 0.832. The molecule has 102 valence electrons. The Kier molecular flexibility index (Phi) is 5.13. The van der Waals surface area contributed by atoms with Gasteiger partial charge in [-0.1, -0.05) is 13.8 Å². The first kappa shape index (κ1) is 13.5. The molecular weight excluding hydrogens is 228 g/mol. The standard InChI is InChI=1S/C13H24N4O/c1-11(2)7-17-13(15-10-16-17)9-18-8-12-4-3-5-14-6-12/h10-12,14H,3-9H2,1-2H3. The Bertz CT molecular complexity index is 345. The Morgan fingerprint density at radius 1 is 1.56 bits per heavy atom. The van der Waals surface area contributed by atoms with Gasteiger partial charge in [-0.05, 0) is 31.2 Å². The lowest BCUT2D eigenvalue weighted by atomic mass is 10.0. The van der Waals surface area contributed by atoms with Crippen LogP contribution in [0.2, 0.25) is 0 Å². The molecular formula is C13H24N4O. The van der Waals surface area contributed by atoms with Crippen LogP contribution in [0, 0.1) is 11.8 Å². The van der Waals surface area contributed by atoms with Crippen LogP contribution in [0.3, 0.4) is 0 Å². The summed E-state index contributed by atoms with van der Waals surface area (Å²) in [5.74, 6) is 2.17. The third-order valence-corrected chi connectivity index (χ3v) is 3.22. The molecule has 0 spiro atoms. The van der Waals surface area contributed by atoms with Crippen LogP contribution in [0.4, 0.5) is 0 Å². The number of hydrogen-bond donors (Lipinski definition) is 1. The number of nitrogens with one attached hydrogen (secondary N) is 1. The molecule has 1 saturated heterocycles. The Hall–Kier alpha value is -0.940. The molecule has 1 aromatic rings. The minimum absolute atomic E-state index is 0.573. The second-order valence-electron chi connectivity index (χ2n) is 5.48. The molecule has 0 radical (unpaired) electrons. The monoisotopic (exact) mass is 252 g/mol. The molecule has 1 aromatic heterocycles. The predicted molar refractivity (Wildman–Crippen MR) is 70.1 cm³/mol. The van der Waals surface area contributed by atoms with Gasteiger partial charge in [0, 0.05) is 13.1 Å². The Labute approximate surface area is 109 Å². The zero-order chi connectivity index (χ0) is 12.8. The maximum atomic E-state index is 5.78. The molecule has 0 bridgehead atoms. The van der Waals surface area contributed by atoms with Gasteiger partial charge in [0.15, 0.2) is 5.82 Å². The van der Waals surface area contributed by atoms with Crippen LogP contribution in [0.15, 0.2) is 6.33 Å². The summed E-state index contributed by atoms with van der Waals surface area (Å²) in [5, 5.41) is 7.64. The van der Waals surface area contributed by atoms with Crippen molar-refractivity contribution < 1.29 is 4.74 Å². The normalized spacial score (nSPS) is 20.5. The molecule has 0 aliphatic carbocycles. The first-order valence-electron chi connectivity index (χ1n) is 6.91. The van der Waals surface area contributed by atoms with Gasteiger partial charge in [-0.25, -0.2) is 9.67 Å². The fourth-order valence-corrected chi connectivity index (χ4v) is 2.28. The van der Waals surface area contributed by atoms with Gasteiger partial charge in [-0.3, -0.25) is 0 Å². The molecule has 0 amide bonds. The number of aromatic nitrogens is 3. The topological polar surface area (TPSA) is 52.0 Å². The minimum atomic E-state index is 0.573. The summed E-state index contributed by atoms with van der Waals surface area (Å²) in [6.45, 7) is 8.90. The lowest BCUT2D eigenvalue weighted by molar-refractivity contribution is 0.0715. The molecule has 1 aliphatic heterocycles. The third kappa shape index (κ3) is 4.07. The predicted octanol–water partition coefficient (Wildman–Crippen LogP) is 1.45. The van der Waals surface area contributed by atoms with Gasteiger partial charge in [0.2, 0.25) is 0 Å². The van der Waals surface area contributed by atoms with Crippen molar-refractivity contribution in [1.29, 1.82) is 0 Å². The van der Waals surface area contributed by atoms with E-state index >= 15 is 0 Å². The maximum Gasteiger partial charge on any atom is 0.152 e. The first-order chi connectivity index (χ1) is 8.75. The van der Waals surface area contributed by atoms with E-state index in [2.05, 4.69) is 29.2 Å². The molecule has 1 atom stereocenters. The lowest BCUT2D eigenvalue weighted by Gasteiger charge is -2.22. The van der Waals surface area contributed by atoms with Crippen molar-refractivity contribution >= 4 is 0 Å². The average Bonchev–Trinajstić information content (AvgIpc) is 2.77. The number of piperidine rings is 1. The number of nitrogens with zero attached hydrogens (tertiary/aromatic N) is 3. The number of ether oxygens (including phenoxy) is 1. The summed E-state index contributed by atoms with van der Waals surface area (Å²) in [6, 6.07) is 0. The van der Waals surface area contributed by atoms with Crippen molar-refractivity contribution in [2.75, 3.05) is 19.7 Å². The van der Waals surface area contributed by atoms with Crippen LogP contribution in [0.5, 0.6) is 0 Å². The first-order valence-corrected chi connectivity index (χ1v) is 6.91. The van der Waals surface area contributed by atoms with Crippen LogP contribution in [-0.2, 0) is 17.9 Å². The number of rotatable bonds is 6. The second-order valence-corrected chi connectivity index (χ2v) is 5.48. The highest BCUT2D eigenvalue weighted by Crippen LogP contribution is 2.11.